The topological polar surface area (TPSA) is 105 Å². The van der Waals surface area contributed by atoms with Crippen LogP contribution in [0.3, 0.4) is 0 Å². The molecule has 160 valence electrons. The van der Waals surface area contributed by atoms with Crippen LogP contribution in [0.4, 0.5) is 4.79 Å². The number of hydrogen-bond donors (Lipinski definition) is 2. The summed E-state index contributed by atoms with van der Waals surface area (Å²) < 4.78 is 11.7. The molecule has 3 unspecified atom stereocenters. The van der Waals surface area contributed by atoms with Gasteiger partial charge in [-0.25, -0.2) is 4.79 Å². The van der Waals surface area contributed by atoms with Crippen molar-refractivity contribution < 1.29 is 24.0 Å². The van der Waals surface area contributed by atoms with Crippen molar-refractivity contribution in [3.8, 4) is 5.75 Å². The van der Waals surface area contributed by atoms with Gasteiger partial charge in [0.25, 0.3) is 0 Å². The average molecular weight is 434 g/mol. The van der Waals surface area contributed by atoms with E-state index in [1.165, 1.54) is 11.1 Å². The third kappa shape index (κ3) is 3.71. The zero-order chi connectivity index (χ0) is 21.3. The minimum absolute atomic E-state index is 0.166. The van der Waals surface area contributed by atoms with Crippen molar-refractivity contribution in [2.24, 2.45) is 11.3 Å². The summed E-state index contributed by atoms with van der Waals surface area (Å²) in [4.78, 5) is 25.7. The number of nitrogens with zero attached hydrogens (tertiary/aromatic N) is 2. The number of carbonyl (C=O) groups excluding carboxylic acids is 1. The summed E-state index contributed by atoms with van der Waals surface area (Å²) in [7, 11) is 1.60. The van der Waals surface area contributed by atoms with Gasteiger partial charge >= 0.3 is 6.09 Å². The lowest BCUT2D eigenvalue weighted by Gasteiger charge is -2.59. The lowest BCUT2D eigenvalue weighted by Crippen LogP contribution is -2.62. The molecule has 9 heteroatoms. The molecule has 4 rings (SSSR count). The van der Waals surface area contributed by atoms with E-state index in [0.717, 1.165) is 6.42 Å². The summed E-state index contributed by atoms with van der Waals surface area (Å²) >= 11 is 5.98. The second kappa shape index (κ2) is 8.18. The highest BCUT2D eigenvalue weighted by atomic mass is 35.5. The molecule has 30 heavy (non-hydrogen) atoms. The van der Waals surface area contributed by atoms with E-state index in [-0.39, 0.29) is 23.3 Å². The first-order valence-electron chi connectivity index (χ1n) is 9.96. The first kappa shape index (κ1) is 20.5. The Bertz CT molecular complexity index is 894. The van der Waals surface area contributed by atoms with Crippen molar-refractivity contribution in [2.75, 3.05) is 20.1 Å². The highest BCUT2D eigenvalue weighted by Gasteiger charge is 2.61. The SMILES string of the molecule is CNC(=O)C(c1ccno1)C1C(Oc2ccc(Cl)cc2)CC12CCN(C(=O)O)CC2. The molecule has 2 fully saturated rings. The van der Waals surface area contributed by atoms with Crippen molar-refractivity contribution in [1.82, 2.24) is 15.4 Å². The maximum absolute atomic E-state index is 12.9. The van der Waals surface area contributed by atoms with E-state index in [1.807, 2.05) is 0 Å². The average Bonchev–Trinajstić information content (AvgIpc) is 3.27. The second-order valence-corrected chi connectivity index (χ2v) is 8.42. The van der Waals surface area contributed by atoms with Crippen LogP contribution in [0.2, 0.25) is 5.02 Å². The zero-order valence-electron chi connectivity index (χ0n) is 16.6. The number of piperidine rings is 1. The summed E-state index contributed by atoms with van der Waals surface area (Å²) in [5, 5.41) is 16.5. The Morgan fingerprint density at radius 2 is 2.00 bits per heavy atom. The van der Waals surface area contributed by atoms with E-state index in [9.17, 15) is 14.7 Å². The minimum Gasteiger partial charge on any atom is -0.490 e. The van der Waals surface area contributed by atoms with Gasteiger partial charge < -0.3 is 24.6 Å². The smallest absolute Gasteiger partial charge is 0.407 e. The normalized spacial score (nSPS) is 23.5. The number of amides is 2. The maximum Gasteiger partial charge on any atom is 0.407 e. The first-order valence-corrected chi connectivity index (χ1v) is 10.3. The van der Waals surface area contributed by atoms with Gasteiger partial charge in [0.1, 0.15) is 23.5 Å². The molecule has 1 spiro atoms. The number of likely N-dealkylation sites (tertiary alicyclic amines) is 1. The van der Waals surface area contributed by atoms with Crippen molar-refractivity contribution in [1.29, 1.82) is 0 Å². The van der Waals surface area contributed by atoms with E-state index in [0.29, 0.717) is 42.5 Å². The second-order valence-electron chi connectivity index (χ2n) is 7.98. The van der Waals surface area contributed by atoms with Crippen molar-refractivity contribution in [3.63, 3.8) is 0 Å². The number of hydrogen-bond acceptors (Lipinski definition) is 5. The molecule has 1 saturated heterocycles. The fraction of sp³-hybridized carbons (Fsp3) is 0.476. The molecular formula is C21H24ClN3O5. The zero-order valence-corrected chi connectivity index (χ0v) is 17.3. The Hall–Kier alpha value is -2.74. The molecule has 0 radical (unpaired) electrons. The van der Waals surface area contributed by atoms with Gasteiger partial charge in [0, 0.05) is 37.1 Å². The van der Waals surface area contributed by atoms with Crippen LogP contribution in [0, 0.1) is 11.3 Å². The van der Waals surface area contributed by atoms with E-state index in [2.05, 4.69) is 10.5 Å². The molecule has 1 aliphatic heterocycles. The van der Waals surface area contributed by atoms with Gasteiger partial charge in [-0.15, -0.1) is 0 Å². The van der Waals surface area contributed by atoms with Crippen LogP contribution in [0.25, 0.3) is 0 Å². The molecule has 2 amide bonds. The van der Waals surface area contributed by atoms with E-state index < -0.39 is 12.0 Å². The van der Waals surface area contributed by atoms with Crippen molar-refractivity contribution in [3.05, 3.63) is 47.3 Å². The predicted molar refractivity (Wildman–Crippen MR) is 109 cm³/mol. The molecule has 2 aromatic rings. The number of nitrogens with one attached hydrogen (secondary N) is 1. The molecule has 2 aliphatic rings. The Labute approximate surface area is 179 Å². The highest BCUT2D eigenvalue weighted by Crippen LogP contribution is 2.59. The van der Waals surface area contributed by atoms with Crippen LogP contribution < -0.4 is 10.1 Å². The Morgan fingerprint density at radius 3 is 2.57 bits per heavy atom. The number of carboxylic acid groups (broad SMARTS) is 1. The van der Waals surface area contributed by atoms with Gasteiger partial charge in [-0.1, -0.05) is 16.8 Å². The third-order valence-electron chi connectivity index (χ3n) is 6.50. The summed E-state index contributed by atoms with van der Waals surface area (Å²) in [5.74, 6) is 0.266. The monoisotopic (exact) mass is 433 g/mol. The van der Waals surface area contributed by atoms with Gasteiger partial charge in [0.05, 0.1) is 6.20 Å². The number of benzene rings is 1. The molecule has 2 N–H and O–H groups in total. The molecule has 1 saturated carbocycles. The fourth-order valence-corrected chi connectivity index (χ4v) is 5.09. The summed E-state index contributed by atoms with van der Waals surface area (Å²) in [6, 6.07) is 8.84. The van der Waals surface area contributed by atoms with E-state index >= 15 is 0 Å². The molecule has 1 aromatic heterocycles. The number of ether oxygens (including phenoxy) is 1. The van der Waals surface area contributed by atoms with Gasteiger partial charge in [-0.3, -0.25) is 4.79 Å². The van der Waals surface area contributed by atoms with E-state index in [1.54, 1.807) is 37.4 Å². The summed E-state index contributed by atoms with van der Waals surface area (Å²) in [6.45, 7) is 0.882. The fourth-order valence-electron chi connectivity index (χ4n) is 4.96. The van der Waals surface area contributed by atoms with Gasteiger partial charge in [-0.05, 0) is 48.9 Å². The predicted octanol–water partition coefficient (Wildman–Crippen LogP) is 3.39. The largest absolute Gasteiger partial charge is 0.490 e. The molecule has 3 atom stereocenters. The molecular weight excluding hydrogens is 410 g/mol. The number of likely N-dealkylation sites (N-methyl/N-ethyl adjacent to an activating group) is 1. The summed E-state index contributed by atoms with van der Waals surface area (Å²) in [6.07, 6.45) is 2.49. The molecule has 1 aliphatic carbocycles. The van der Waals surface area contributed by atoms with Crippen molar-refractivity contribution in [2.45, 2.75) is 31.3 Å². The Morgan fingerprint density at radius 1 is 1.30 bits per heavy atom. The first-order chi connectivity index (χ1) is 14.4. The number of aromatic nitrogens is 1. The molecule has 2 heterocycles. The maximum atomic E-state index is 12.9. The Balaban J connectivity index is 1.63. The highest BCUT2D eigenvalue weighted by molar-refractivity contribution is 6.30. The third-order valence-corrected chi connectivity index (χ3v) is 6.75. The molecule has 0 bridgehead atoms. The lowest BCUT2D eigenvalue weighted by molar-refractivity contribution is -0.152. The van der Waals surface area contributed by atoms with Crippen LogP contribution in [0.15, 0.2) is 41.1 Å². The van der Waals surface area contributed by atoms with Crippen LogP contribution in [0.1, 0.15) is 30.9 Å². The lowest BCUT2D eigenvalue weighted by atomic mass is 9.49. The van der Waals surface area contributed by atoms with Crippen LogP contribution >= 0.6 is 11.6 Å². The van der Waals surface area contributed by atoms with Crippen LogP contribution in [0.5, 0.6) is 5.75 Å². The van der Waals surface area contributed by atoms with Crippen LogP contribution in [-0.4, -0.2) is 53.4 Å². The van der Waals surface area contributed by atoms with Crippen LogP contribution in [-0.2, 0) is 4.79 Å². The number of rotatable bonds is 5. The number of halogens is 1. The standard InChI is InChI=1S/C21H24ClN3O5/c1-23-19(26)17(15-6-9-24-30-15)18-16(29-14-4-2-13(22)3-5-14)12-21(18)7-10-25(11-8-21)20(27)28/h2-6,9,16-18H,7-8,10-12H2,1H3,(H,23,26)(H,27,28). The number of carbonyl (C=O) groups is 2. The quantitative estimate of drug-likeness (QED) is 0.748. The summed E-state index contributed by atoms with van der Waals surface area (Å²) in [5.41, 5.74) is -0.201. The Kier molecular flexibility index (Phi) is 5.60. The van der Waals surface area contributed by atoms with Gasteiger partial charge in [0.15, 0.2) is 0 Å². The van der Waals surface area contributed by atoms with Gasteiger partial charge in [-0.2, -0.15) is 0 Å². The minimum atomic E-state index is -0.909. The molecule has 8 nitrogen and oxygen atoms in total. The van der Waals surface area contributed by atoms with E-state index in [4.69, 9.17) is 20.9 Å². The van der Waals surface area contributed by atoms with Crippen molar-refractivity contribution >= 4 is 23.6 Å². The molecule has 1 aromatic carbocycles. The van der Waals surface area contributed by atoms with Gasteiger partial charge in [0.2, 0.25) is 5.91 Å².